The summed E-state index contributed by atoms with van der Waals surface area (Å²) >= 11 is 6.11. The smallest absolute Gasteiger partial charge is 0.229 e. The molecule has 0 saturated heterocycles. The molecule has 33 heavy (non-hydrogen) atoms. The van der Waals surface area contributed by atoms with Gasteiger partial charge in [-0.25, -0.2) is 9.67 Å². The number of aromatic nitrogens is 4. The zero-order valence-corrected chi connectivity index (χ0v) is 18.8. The van der Waals surface area contributed by atoms with Gasteiger partial charge in [-0.15, -0.1) is 0 Å². The zero-order valence-electron chi connectivity index (χ0n) is 18.1. The molecule has 2 aromatic heterocycles. The van der Waals surface area contributed by atoms with Gasteiger partial charge in [0.25, 0.3) is 0 Å². The van der Waals surface area contributed by atoms with Gasteiger partial charge in [-0.05, 0) is 61.3 Å². The maximum Gasteiger partial charge on any atom is 0.229 e. The molecule has 1 unspecified atom stereocenters. The summed E-state index contributed by atoms with van der Waals surface area (Å²) in [6, 6.07) is 13.8. The maximum atomic E-state index is 9.86. The van der Waals surface area contributed by atoms with E-state index in [4.69, 9.17) is 16.6 Å². The number of halogens is 1. The number of hydrogen-bond donors (Lipinski definition) is 4. The summed E-state index contributed by atoms with van der Waals surface area (Å²) in [5.74, 6) is 1.06. The van der Waals surface area contributed by atoms with Crippen molar-refractivity contribution >= 4 is 34.7 Å². The standard InChI is InChI=1S/C24H24ClN7O/c1-15(33)32-14-18(12-28-32)22-13-27-24(30-20-4-2-3-19(25)10-20)31-23(22)29-21-6-5-16-7-8-26-11-17(16)9-21/h2-6,9-10,12-15,26,33H,7-8,11H2,1H3,(H2,27,29,30,31). The summed E-state index contributed by atoms with van der Waals surface area (Å²) in [6.45, 7) is 3.51. The summed E-state index contributed by atoms with van der Waals surface area (Å²) in [6.07, 6.45) is 5.51. The van der Waals surface area contributed by atoms with Crippen molar-refractivity contribution in [1.29, 1.82) is 0 Å². The fourth-order valence-corrected chi connectivity index (χ4v) is 4.01. The molecule has 0 fully saturated rings. The predicted molar refractivity (Wildman–Crippen MR) is 130 cm³/mol. The third kappa shape index (κ3) is 4.83. The lowest BCUT2D eigenvalue weighted by molar-refractivity contribution is 0.111. The summed E-state index contributed by atoms with van der Waals surface area (Å²) in [5, 5.41) is 24.8. The van der Waals surface area contributed by atoms with Crippen molar-refractivity contribution in [1.82, 2.24) is 25.1 Å². The van der Waals surface area contributed by atoms with Crippen LogP contribution in [0.4, 0.5) is 23.1 Å². The molecule has 0 bridgehead atoms. The number of hydrogen-bond acceptors (Lipinski definition) is 7. The van der Waals surface area contributed by atoms with Crippen LogP contribution in [0.5, 0.6) is 0 Å². The van der Waals surface area contributed by atoms with Gasteiger partial charge in [0.05, 0.1) is 6.20 Å². The first-order chi connectivity index (χ1) is 16.0. The molecule has 2 aromatic carbocycles. The van der Waals surface area contributed by atoms with Gasteiger partial charge in [0.1, 0.15) is 12.0 Å². The lowest BCUT2D eigenvalue weighted by atomic mass is 10.0. The van der Waals surface area contributed by atoms with Crippen LogP contribution in [0.25, 0.3) is 11.1 Å². The number of fused-ring (bicyclic) bond motifs is 1. The molecule has 1 aliphatic rings. The Morgan fingerprint density at radius 2 is 1.97 bits per heavy atom. The van der Waals surface area contributed by atoms with Crippen molar-refractivity contribution in [2.75, 3.05) is 17.2 Å². The van der Waals surface area contributed by atoms with E-state index >= 15 is 0 Å². The monoisotopic (exact) mass is 461 g/mol. The SMILES string of the molecule is CC(O)n1cc(-c2cnc(Nc3cccc(Cl)c3)nc2Nc2ccc3c(c2)CNCC3)cn1. The Kier molecular flexibility index (Phi) is 5.95. The Hall–Kier alpha value is -3.46. The van der Waals surface area contributed by atoms with Gasteiger partial charge in [-0.3, -0.25) is 0 Å². The van der Waals surface area contributed by atoms with Crippen molar-refractivity contribution in [3.05, 3.63) is 77.2 Å². The highest BCUT2D eigenvalue weighted by atomic mass is 35.5. The minimum Gasteiger partial charge on any atom is -0.372 e. The van der Waals surface area contributed by atoms with E-state index in [9.17, 15) is 5.11 Å². The van der Waals surface area contributed by atoms with Crippen LogP contribution in [0.15, 0.2) is 61.1 Å². The lowest BCUT2D eigenvalue weighted by Crippen LogP contribution is -2.23. The lowest BCUT2D eigenvalue weighted by Gasteiger charge is -2.19. The Balaban J connectivity index is 1.51. The van der Waals surface area contributed by atoms with E-state index < -0.39 is 6.23 Å². The summed E-state index contributed by atoms with van der Waals surface area (Å²) in [7, 11) is 0. The summed E-state index contributed by atoms with van der Waals surface area (Å²) in [4.78, 5) is 9.24. The molecule has 4 aromatic rings. The molecule has 0 radical (unpaired) electrons. The van der Waals surface area contributed by atoms with E-state index in [2.05, 4.69) is 44.2 Å². The van der Waals surface area contributed by atoms with E-state index in [0.717, 1.165) is 42.0 Å². The van der Waals surface area contributed by atoms with Crippen LogP contribution in [0.1, 0.15) is 24.3 Å². The van der Waals surface area contributed by atoms with Crippen molar-refractivity contribution < 1.29 is 5.11 Å². The van der Waals surface area contributed by atoms with E-state index in [0.29, 0.717) is 16.8 Å². The normalized spacial score (nSPS) is 13.9. The molecule has 1 atom stereocenters. The van der Waals surface area contributed by atoms with Crippen LogP contribution in [-0.4, -0.2) is 31.4 Å². The minimum atomic E-state index is -0.729. The Labute approximate surface area is 196 Å². The van der Waals surface area contributed by atoms with Gasteiger partial charge in [0, 0.05) is 46.5 Å². The van der Waals surface area contributed by atoms with Crippen molar-refractivity contribution in [3.63, 3.8) is 0 Å². The molecule has 0 spiro atoms. The highest BCUT2D eigenvalue weighted by molar-refractivity contribution is 6.30. The predicted octanol–water partition coefficient (Wildman–Crippen LogP) is 4.64. The van der Waals surface area contributed by atoms with Crippen LogP contribution in [0.2, 0.25) is 5.02 Å². The molecule has 0 amide bonds. The van der Waals surface area contributed by atoms with E-state index in [1.54, 1.807) is 25.5 Å². The molecule has 1 aliphatic heterocycles. The molecule has 0 aliphatic carbocycles. The number of nitrogens with zero attached hydrogens (tertiary/aromatic N) is 4. The summed E-state index contributed by atoms with van der Waals surface area (Å²) in [5.41, 5.74) is 5.95. The minimum absolute atomic E-state index is 0.436. The Bertz CT molecular complexity index is 1290. The van der Waals surface area contributed by atoms with Gasteiger partial charge in [0.15, 0.2) is 0 Å². The molecule has 9 heteroatoms. The second kappa shape index (κ2) is 9.19. The average Bonchev–Trinajstić information content (AvgIpc) is 3.30. The zero-order chi connectivity index (χ0) is 22.8. The van der Waals surface area contributed by atoms with Crippen LogP contribution in [-0.2, 0) is 13.0 Å². The van der Waals surface area contributed by atoms with E-state index in [-0.39, 0.29) is 0 Å². The third-order valence-corrected chi connectivity index (χ3v) is 5.76. The van der Waals surface area contributed by atoms with Gasteiger partial charge >= 0.3 is 0 Å². The molecule has 8 nitrogen and oxygen atoms in total. The number of anilines is 4. The van der Waals surface area contributed by atoms with Gasteiger partial charge in [-0.2, -0.15) is 10.1 Å². The summed E-state index contributed by atoms with van der Waals surface area (Å²) < 4.78 is 1.49. The highest BCUT2D eigenvalue weighted by Gasteiger charge is 2.15. The first-order valence-corrected chi connectivity index (χ1v) is 11.1. The van der Waals surface area contributed by atoms with Crippen molar-refractivity contribution in [3.8, 4) is 11.1 Å². The molecular formula is C24H24ClN7O. The second-order valence-electron chi connectivity index (χ2n) is 7.97. The van der Waals surface area contributed by atoms with Gasteiger partial charge in [-0.1, -0.05) is 23.7 Å². The van der Waals surface area contributed by atoms with E-state index in [1.807, 2.05) is 24.3 Å². The van der Waals surface area contributed by atoms with Gasteiger partial charge < -0.3 is 21.1 Å². The molecule has 5 rings (SSSR count). The quantitative estimate of drug-likeness (QED) is 0.332. The number of rotatable bonds is 6. The Morgan fingerprint density at radius 1 is 1.09 bits per heavy atom. The molecular weight excluding hydrogens is 438 g/mol. The maximum absolute atomic E-state index is 9.86. The topological polar surface area (TPSA) is 99.9 Å². The first kappa shape index (κ1) is 21.4. The average molecular weight is 462 g/mol. The highest BCUT2D eigenvalue weighted by Crippen LogP contribution is 2.31. The van der Waals surface area contributed by atoms with Crippen LogP contribution in [0, 0.1) is 0 Å². The molecule has 4 N–H and O–H groups in total. The van der Waals surface area contributed by atoms with Crippen LogP contribution in [0.3, 0.4) is 0 Å². The van der Waals surface area contributed by atoms with Crippen molar-refractivity contribution in [2.24, 2.45) is 0 Å². The van der Waals surface area contributed by atoms with Crippen LogP contribution < -0.4 is 16.0 Å². The van der Waals surface area contributed by atoms with Crippen molar-refractivity contribution in [2.45, 2.75) is 26.1 Å². The fourth-order valence-electron chi connectivity index (χ4n) is 3.82. The third-order valence-electron chi connectivity index (χ3n) is 5.52. The first-order valence-electron chi connectivity index (χ1n) is 10.8. The number of nitrogens with one attached hydrogen (secondary N) is 3. The van der Waals surface area contributed by atoms with Gasteiger partial charge in [0.2, 0.25) is 5.95 Å². The number of aliphatic hydroxyl groups excluding tert-OH is 1. The molecule has 0 saturated carbocycles. The Morgan fingerprint density at radius 3 is 2.79 bits per heavy atom. The van der Waals surface area contributed by atoms with Crippen LogP contribution >= 0.6 is 11.6 Å². The number of aliphatic hydroxyl groups is 1. The molecule has 3 heterocycles. The molecule has 168 valence electrons. The largest absolute Gasteiger partial charge is 0.372 e. The van der Waals surface area contributed by atoms with E-state index in [1.165, 1.54) is 15.8 Å². The second-order valence-corrected chi connectivity index (χ2v) is 8.40. The fraction of sp³-hybridized carbons (Fsp3) is 0.208. The number of benzene rings is 2.